The molecular weight excluding hydrogens is 242 g/mol. The lowest BCUT2D eigenvalue weighted by molar-refractivity contribution is 0.886. The van der Waals surface area contributed by atoms with Crippen LogP contribution < -0.4 is 4.90 Å². The highest BCUT2D eigenvalue weighted by Crippen LogP contribution is 2.28. The number of aryl methyl sites for hydroxylation is 1. The summed E-state index contributed by atoms with van der Waals surface area (Å²) < 4.78 is 0. The van der Waals surface area contributed by atoms with Gasteiger partial charge in [0.1, 0.15) is 0 Å². The number of hydrogen-bond donors (Lipinski definition) is 0. The second-order valence-corrected chi connectivity index (χ2v) is 5.70. The summed E-state index contributed by atoms with van der Waals surface area (Å²) in [6.45, 7) is 0. The lowest BCUT2D eigenvalue weighted by Gasteiger charge is -2.20. The predicted octanol–water partition coefficient (Wildman–Crippen LogP) is 4.32. The van der Waals surface area contributed by atoms with Crippen LogP contribution in [0.4, 0.5) is 5.69 Å². The Hall–Kier alpha value is -2.02. The molecule has 0 N–H and O–H groups in total. The van der Waals surface area contributed by atoms with E-state index in [-0.39, 0.29) is 0 Å². The van der Waals surface area contributed by atoms with Gasteiger partial charge in [-0.25, -0.2) is 0 Å². The molecule has 102 valence electrons. The van der Waals surface area contributed by atoms with E-state index in [1.807, 2.05) is 0 Å². The number of hydrogen-bond acceptors (Lipinski definition) is 1. The normalized spacial score (nSPS) is 13.6. The Morgan fingerprint density at radius 1 is 0.900 bits per heavy atom. The van der Waals surface area contributed by atoms with Gasteiger partial charge in [-0.2, -0.15) is 0 Å². The van der Waals surface area contributed by atoms with Gasteiger partial charge in [-0.15, -0.1) is 0 Å². The summed E-state index contributed by atoms with van der Waals surface area (Å²) in [4.78, 5) is 2.20. The van der Waals surface area contributed by atoms with Crippen LogP contribution in [0.25, 0.3) is 6.08 Å². The van der Waals surface area contributed by atoms with E-state index in [0.717, 1.165) is 6.42 Å². The highest BCUT2D eigenvalue weighted by Gasteiger charge is 2.12. The van der Waals surface area contributed by atoms with Crippen molar-refractivity contribution in [2.24, 2.45) is 0 Å². The summed E-state index contributed by atoms with van der Waals surface area (Å²) in [7, 11) is 4.23. The van der Waals surface area contributed by atoms with E-state index in [1.165, 1.54) is 40.8 Å². The molecule has 2 aromatic rings. The van der Waals surface area contributed by atoms with Crippen molar-refractivity contribution in [2.75, 3.05) is 19.0 Å². The van der Waals surface area contributed by atoms with Gasteiger partial charge in [-0.1, -0.05) is 54.1 Å². The van der Waals surface area contributed by atoms with Crippen molar-refractivity contribution in [2.45, 2.75) is 19.3 Å². The molecule has 0 unspecified atom stereocenters. The van der Waals surface area contributed by atoms with Crippen LogP contribution in [0.15, 0.2) is 54.1 Å². The molecule has 1 aliphatic rings. The van der Waals surface area contributed by atoms with Gasteiger partial charge in [0.15, 0.2) is 0 Å². The third-order valence-corrected chi connectivity index (χ3v) is 4.02. The molecule has 0 bridgehead atoms. The van der Waals surface area contributed by atoms with Crippen LogP contribution in [0.3, 0.4) is 0 Å². The minimum Gasteiger partial charge on any atom is -0.377 e. The van der Waals surface area contributed by atoms with Crippen molar-refractivity contribution in [3.63, 3.8) is 0 Å². The Labute approximate surface area is 121 Å². The van der Waals surface area contributed by atoms with Gasteiger partial charge in [-0.05, 0) is 42.0 Å². The lowest BCUT2D eigenvalue weighted by atomic mass is 9.89. The van der Waals surface area contributed by atoms with Crippen LogP contribution in [0.2, 0.25) is 0 Å². The third kappa shape index (κ3) is 2.62. The molecule has 0 aliphatic heterocycles. The van der Waals surface area contributed by atoms with E-state index in [2.05, 4.69) is 73.6 Å². The van der Waals surface area contributed by atoms with Crippen LogP contribution in [0.1, 0.15) is 23.1 Å². The lowest BCUT2D eigenvalue weighted by Crippen LogP contribution is -2.12. The molecule has 0 aromatic heterocycles. The highest BCUT2D eigenvalue weighted by atomic mass is 15.1. The van der Waals surface area contributed by atoms with Crippen LogP contribution in [-0.4, -0.2) is 14.1 Å². The summed E-state index contributed by atoms with van der Waals surface area (Å²) in [5.74, 6) is 0. The fourth-order valence-electron chi connectivity index (χ4n) is 2.97. The molecular formula is C19H21N. The van der Waals surface area contributed by atoms with E-state index in [9.17, 15) is 0 Å². The third-order valence-electron chi connectivity index (χ3n) is 4.02. The maximum atomic E-state index is 2.38. The van der Waals surface area contributed by atoms with Gasteiger partial charge in [0.2, 0.25) is 0 Å². The smallest absolute Gasteiger partial charge is 0.0396 e. The number of benzene rings is 2. The number of nitrogens with zero attached hydrogens (tertiary/aromatic N) is 1. The van der Waals surface area contributed by atoms with E-state index in [1.54, 1.807) is 0 Å². The molecule has 20 heavy (non-hydrogen) atoms. The van der Waals surface area contributed by atoms with Crippen LogP contribution in [0.5, 0.6) is 0 Å². The van der Waals surface area contributed by atoms with E-state index in [4.69, 9.17) is 0 Å². The van der Waals surface area contributed by atoms with Crippen molar-refractivity contribution in [3.05, 3.63) is 70.8 Å². The fraction of sp³-hybridized carbons (Fsp3) is 0.263. The summed E-state index contributed by atoms with van der Waals surface area (Å²) in [5.41, 5.74) is 7.17. The molecule has 1 nitrogen and oxygen atoms in total. The van der Waals surface area contributed by atoms with Gasteiger partial charge < -0.3 is 4.90 Å². The topological polar surface area (TPSA) is 3.24 Å². The maximum absolute atomic E-state index is 2.38. The molecule has 0 spiro atoms. The first kappa shape index (κ1) is 13.0. The minimum atomic E-state index is 1.06. The molecule has 0 fully saturated rings. The van der Waals surface area contributed by atoms with Crippen molar-refractivity contribution >= 4 is 11.8 Å². The summed E-state index contributed by atoms with van der Waals surface area (Å²) in [6, 6.07) is 17.4. The van der Waals surface area contributed by atoms with Gasteiger partial charge >= 0.3 is 0 Å². The Morgan fingerprint density at radius 2 is 1.65 bits per heavy atom. The summed E-state index contributed by atoms with van der Waals surface area (Å²) in [5, 5.41) is 0. The molecule has 0 saturated heterocycles. The molecule has 2 aromatic carbocycles. The molecule has 0 amide bonds. The standard InChI is InChI=1S/C19H21N/c1-20(2)19-10-6-5-9-18(19)14-15-11-12-16-7-3-4-8-17(16)13-15/h3-10,13H,11-12,14H2,1-2H3. The second-order valence-electron chi connectivity index (χ2n) is 5.70. The van der Waals surface area contributed by atoms with Crippen LogP contribution in [0, 0.1) is 0 Å². The summed E-state index contributed by atoms with van der Waals surface area (Å²) >= 11 is 0. The zero-order valence-electron chi connectivity index (χ0n) is 12.3. The molecule has 1 heteroatoms. The van der Waals surface area contributed by atoms with Gasteiger partial charge in [0.05, 0.1) is 0 Å². The molecule has 0 radical (unpaired) electrons. The summed E-state index contributed by atoms with van der Waals surface area (Å²) in [6.07, 6.45) is 5.79. The Morgan fingerprint density at radius 3 is 2.50 bits per heavy atom. The quantitative estimate of drug-likeness (QED) is 0.797. The molecule has 1 aliphatic carbocycles. The van der Waals surface area contributed by atoms with Crippen molar-refractivity contribution in [1.29, 1.82) is 0 Å². The number of fused-ring (bicyclic) bond motifs is 1. The van der Waals surface area contributed by atoms with Crippen LogP contribution >= 0.6 is 0 Å². The first-order chi connectivity index (χ1) is 9.74. The van der Waals surface area contributed by atoms with Gasteiger partial charge in [0.25, 0.3) is 0 Å². The van der Waals surface area contributed by atoms with Crippen LogP contribution in [-0.2, 0) is 12.8 Å². The van der Waals surface area contributed by atoms with Gasteiger partial charge in [0, 0.05) is 19.8 Å². The highest BCUT2D eigenvalue weighted by molar-refractivity contribution is 5.62. The number of anilines is 1. The fourth-order valence-corrected chi connectivity index (χ4v) is 2.97. The maximum Gasteiger partial charge on any atom is 0.0396 e. The molecule has 0 atom stereocenters. The number of para-hydroxylation sites is 1. The van der Waals surface area contributed by atoms with Crippen molar-refractivity contribution in [3.8, 4) is 0 Å². The second kappa shape index (κ2) is 5.54. The number of allylic oxidation sites excluding steroid dienone is 1. The van der Waals surface area contributed by atoms with Crippen molar-refractivity contribution in [1.82, 2.24) is 0 Å². The average Bonchev–Trinajstić information content (AvgIpc) is 2.47. The first-order valence-corrected chi connectivity index (χ1v) is 7.26. The molecule has 3 rings (SSSR count). The average molecular weight is 263 g/mol. The van der Waals surface area contributed by atoms with E-state index in [0.29, 0.717) is 0 Å². The minimum absolute atomic E-state index is 1.06. The van der Waals surface area contributed by atoms with E-state index < -0.39 is 0 Å². The number of rotatable bonds is 3. The zero-order valence-corrected chi connectivity index (χ0v) is 12.3. The zero-order chi connectivity index (χ0) is 13.9. The molecule has 0 saturated carbocycles. The predicted molar refractivity (Wildman–Crippen MR) is 87.2 cm³/mol. The SMILES string of the molecule is CN(C)c1ccccc1CC1=Cc2ccccc2CC1. The Balaban J connectivity index is 1.88. The van der Waals surface area contributed by atoms with E-state index >= 15 is 0 Å². The Kier molecular flexibility index (Phi) is 3.60. The Bertz CT molecular complexity index is 638. The largest absolute Gasteiger partial charge is 0.377 e. The van der Waals surface area contributed by atoms with Gasteiger partial charge in [-0.3, -0.25) is 0 Å². The monoisotopic (exact) mass is 263 g/mol. The van der Waals surface area contributed by atoms with Crippen molar-refractivity contribution < 1.29 is 0 Å². The molecule has 0 heterocycles. The first-order valence-electron chi connectivity index (χ1n) is 7.26.